The van der Waals surface area contributed by atoms with Gasteiger partial charge in [0, 0.05) is 13.2 Å². The van der Waals surface area contributed by atoms with Crippen molar-refractivity contribution in [1.29, 1.82) is 0 Å². The van der Waals surface area contributed by atoms with Crippen LogP contribution in [0, 0.1) is 0 Å². The lowest BCUT2D eigenvalue weighted by Gasteiger charge is -2.18. The molecule has 0 aromatic carbocycles. The summed E-state index contributed by atoms with van der Waals surface area (Å²) in [6, 6.07) is 1.17. The summed E-state index contributed by atoms with van der Waals surface area (Å²) < 4.78 is 38.6. The Bertz CT molecular complexity index is 359. The average Bonchev–Trinajstić information content (AvgIpc) is 2.45. The van der Waals surface area contributed by atoms with E-state index in [1.807, 2.05) is 0 Å². The molecule has 1 unspecified atom stereocenters. The van der Waals surface area contributed by atoms with Crippen LogP contribution in [0.4, 0.5) is 13.2 Å². The van der Waals surface area contributed by atoms with E-state index in [-0.39, 0.29) is 5.69 Å². The molecule has 0 fully saturated rings. The van der Waals surface area contributed by atoms with Crippen molar-refractivity contribution in [2.75, 3.05) is 0 Å². The number of alkyl halides is 3. The second-order valence-electron chi connectivity index (χ2n) is 3.07. The van der Waals surface area contributed by atoms with Gasteiger partial charge in [0.05, 0.1) is 12.1 Å². The highest BCUT2D eigenvalue weighted by molar-refractivity contribution is 5.68. The summed E-state index contributed by atoms with van der Waals surface area (Å²) in [5, 5.41) is 12.0. The highest BCUT2D eigenvalue weighted by Crippen LogP contribution is 2.36. The molecule has 1 atom stereocenters. The molecule has 0 saturated heterocycles. The van der Waals surface area contributed by atoms with Crippen LogP contribution in [0.5, 0.6) is 0 Å². The zero-order valence-electron chi connectivity index (χ0n) is 7.82. The summed E-state index contributed by atoms with van der Waals surface area (Å²) in [7, 11) is 1.34. The second kappa shape index (κ2) is 3.92. The zero-order chi connectivity index (χ0) is 11.6. The Morgan fingerprint density at radius 2 is 2.27 bits per heavy atom. The maximum absolute atomic E-state index is 12.5. The first-order valence-corrected chi connectivity index (χ1v) is 4.08. The fourth-order valence-electron chi connectivity index (χ4n) is 1.29. The van der Waals surface area contributed by atoms with Crippen molar-refractivity contribution in [3.05, 3.63) is 18.0 Å². The summed E-state index contributed by atoms with van der Waals surface area (Å²) in [6.45, 7) is 0. The molecule has 0 aliphatic heterocycles. The van der Waals surface area contributed by atoms with Gasteiger partial charge in [0.25, 0.3) is 0 Å². The third kappa shape index (κ3) is 2.71. The third-order valence-corrected chi connectivity index (χ3v) is 1.99. The lowest BCUT2D eigenvalue weighted by atomic mass is 10.0. The van der Waals surface area contributed by atoms with Crippen LogP contribution in [0.1, 0.15) is 18.0 Å². The predicted octanol–water partition coefficient (Wildman–Crippen LogP) is 1.54. The largest absolute Gasteiger partial charge is 0.481 e. The molecule has 7 heteroatoms. The summed E-state index contributed by atoms with van der Waals surface area (Å²) in [5.41, 5.74) is -0.148. The van der Waals surface area contributed by atoms with Crippen molar-refractivity contribution in [3.8, 4) is 0 Å². The molecule has 1 rings (SSSR count). The van der Waals surface area contributed by atoms with Gasteiger partial charge in [-0.2, -0.15) is 18.3 Å². The number of hydrogen-bond acceptors (Lipinski definition) is 2. The molecule has 15 heavy (non-hydrogen) atoms. The normalized spacial score (nSPS) is 13.9. The van der Waals surface area contributed by atoms with Crippen molar-refractivity contribution >= 4 is 5.97 Å². The van der Waals surface area contributed by atoms with Crippen LogP contribution in [-0.2, 0) is 11.8 Å². The molecule has 0 spiro atoms. The van der Waals surface area contributed by atoms with Crippen LogP contribution in [0.2, 0.25) is 0 Å². The minimum Gasteiger partial charge on any atom is -0.481 e. The molecule has 4 nitrogen and oxygen atoms in total. The number of hydrogen-bond donors (Lipinski definition) is 1. The Morgan fingerprint density at radius 3 is 2.60 bits per heavy atom. The molecule has 1 heterocycles. The Labute approximate surface area is 83.3 Å². The number of carboxylic acids is 1. The van der Waals surface area contributed by atoms with Gasteiger partial charge in [0.15, 0.2) is 0 Å². The third-order valence-electron chi connectivity index (χ3n) is 1.99. The monoisotopic (exact) mass is 222 g/mol. The maximum Gasteiger partial charge on any atom is 0.397 e. The molecule has 1 N–H and O–H groups in total. The van der Waals surface area contributed by atoms with Crippen LogP contribution in [0.3, 0.4) is 0 Å². The summed E-state index contributed by atoms with van der Waals surface area (Å²) in [5.74, 6) is -3.50. The topological polar surface area (TPSA) is 55.1 Å². The molecule has 0 radical (unpaired) electrons. The van der Waals surface area contributed by atoms with Crippen LogP contribution < -0.4 is 0 Å². The number of carbonyl (C=O) groups is 1. The van der Waals surface area contributed by atoms with E-state index in [0.29, 0.717) is 0 Å². The standard InChI is InChI=1S/C8H9F3N2O2/c1-13-6(2-3-12-13)5(4-7(14)15)8(9,10)11/h2-3,5H,4H2,1H3,(H,14,15). The van der Waals surface area contributed by atoms with Crippen molar-refractivity contribution in [2.24, 2.45) is 7.05 Å². The molecule has 0 saturated carbocycles. The van der Waals surface area contributed by atoms with Crippen molar-refractivity contribution < 1.29 is 23.1 Å². The number of halogens is 3. The Morgan fingerprint density at radius 1 is 1.67 bits per heavy atom. The van der Waals surface area contributed by atoms with E-state index >= 15 is 0 Å². The Hall–Kier alpha value is -1.53. The smallest absolute Gasteiger partial charge is 0.397 e. The maximum atomic E-state index is 12.5. The first kappa shape index (κ1) is 11.5. The van der Waals surface area contributed by atoms with Gasteiger partial charge >= 0.3 is 12.1 Å². The van der Waals surface area contributed by atoms with Gasteiger partial charge in [-0.25, -0.2) is 0 Å². The SMILES string of the molecule is Cn1nccc1C(CC(=O)O)C(F)(F)F. The minimum atomic E-state index is -4.58. The van der Waals surface area contributed by atoms with Gasteiger partial charge in [-0.05, 0) is 6.07 Å². The summed E-state index contributed by atoms with van der Waals surface area (Å²) in [6.07, 6.45) is -4.36. The number of nitrogens with zero attached hydrogens (tertiary/aromatic N) is 2. The Balaban J connectivity index is 3.02. The van der Waals surface area contributed by atoms with Crippen LogP contribution in [-0.4, -0.2) is 27.0 Å². The second-order valence-corrected chi connectivity index (χ2v) is 3.07. The Kier molecular flexibility index (Phi) is 3.01. The van der Waals surface area contributed by atoms with Crippen LogP contribution >= 0.6 is 0 Å². The predicted molar refractivity (Wildman–Crippen MR) is 44.3 cm³/mol. The number of aliphatic carboxylic acids is 1. The van der Waals surface area contributed by atoms with E-state index in [1.54, 1.807) is 0 Å². The van der Waals surface area contributed by atoms with Crippen molar-refractivity contribution in [1.82, 2.24) is 9.78 Å². The molecule has 0 aliphatic carbocycles. The zero-order valence-corrected chi connectivity index (χ0v) is 7.82. The molecular formula is C8H9F3N2O2. The molecule has 1 aromatic heterocycles. The van der Waals surface area contributed by atoms with Crippen molar-refractivity contribution in [3.63, 3.8) is 0 Å². The first-order valence-electron chi connectivity index (χ1n) is 4.08. The van der Waals surface area contributed by atoms with Crippen LogP contribution in [0.15, 0.2) is 12.3 Å². The van der Waals surface area contributed by atoms with E-state index in [1.165, 1.54) is 19.3 Å². The van der Waals surface area contributed by atoms with E-state index in [4.69, 9.17) is 5.11 Å². The van der Waals surface area contributed by atoms with Gasteiger partial charge in [0.2, 0.25) is 0 Å². The van der Waals surface area contributed by atoms with Gasteiger partial charge in [-0.15, -0.1) is 0 Å². The number of aryl methyl sites for hydroxylation is 1. The van der Waals surface area contributed by atoms with E-state index in [9.17, 15) is 18.0 Å². The molecule has 0 aliphatic rings. The minimum absolute atomic E-state index is 0.148. The fourth-order valence-corrected chi connectivity index (χ4v) is 1.29. The first-order chi connectivity index (χ1) is 6.82. The van der Waals surface area contributed by atoms with E-state index in [2.05, 4.69) is 5.10 Å². The van der Waals surface area contributed by atoms with E-state index in [0.717, 1.165) is 4.68 Å². The molecular weight excluding hydrogens is 213 g/mol. The summed E-state index contributed by atoms with van der Waals surface area (Å²) in [4.78, 5) is 10.3. The molecule has 0 bridgehead atoms. The molecule has 84 valence electrons. The highest BCUT2D eigenvalue weighted by Gasteiger charge is 2.43. The molecule has 1 aromatic rings. The van der Waals surface area contributed by atoms with Gasteiger partial charge in [-0.1, -0.05) is 0 Å². The number of aromatic nitrogens is 2. The highest BCUT2D eigenvalue weighted by atomic mass is 19.4. The summed E-state index contributed by atoms with van der Waals surface area (Å²) >= 11 is 0. The fraction of sp³-hybridized carbons (Fsp3) is 0.500. The van der Waals surface area contributed by atoms with Gasteiger partial charge in [-0.3, -0.25) is 9.48 Å². The molecule has 0 amide bonds. The van der Waals surface area contributed by atoms with Gasteiger partial charge < -0.3 is 5.11 Å². The quantitative estimate of drug-likeness (QED) is 0.843. The number of carboxylic acid groups (broad SMARTS) is 1. The van der Waals surface area contributed by atoms with Crippen LogP contribution in [0.25, 0.3) is 0 Å². The number of rotatable bonds is 3. The van der Waals surface area contributed by atoms with E-state index < -0.39 is 24.5 Å². The van der Waals surface area contributed by atoms with Crippen molar-refractivity contribution in [2.45, 2.75) is 18.5 Å². The lowest BCUT2D eigenvalue weighted by Crippen LogP contribution is -2.25. The van der Waals surface area contributed by atoms with Gasteiger partial charge in [0.1, 0.15) is 5.92 Å². The average molecular weight is 222 g/mol. The lowest BCUT2D eigenvalue weighted by molar-refractivity contribution is -0.164.